The van der Waals surface area contributed by atoms with E-state index in [0.29, 0.717) is 6.42 Å². The summed E-state index contributed by atoms with van der Waals surface area (Å²) in [4.78, 5) is 22.5. The molecule has 2 atom stereocenters. The number of nitrogens with two attached hydrogens (primary N) is 1. The summed E-state index contributed by atoms with van der Waals surface area (Å²) >= 11 is 0. The Labute approximate surface area is 334 Å². The summed E-state index contributed by atoms with van der Waals surface area (Å²) in [5.41, 5.74) is 5.37. The minimum absolute atomic E-state index is 0.0386. The Hall–Kier alpha value is -0.920. The number of ether oxygens (including phenoxy) is 2. The number of hydrogen-bond donors (Lipinski definition) is 2. The van der Waals surface area contributed by atoms with Gasteiger partial charge in [0, 0.05) is 13.0 Å². The van der Waals surface area contributed by atoms with E-state index in [1.807, 2.05) is 6.08 Å². The zero-order valence-corrected chi connectivity index (χ0v) is 36.6. The highest BCUT2D eigenvalue weighted by Gasteiger charge is 2.25. The van der Waals surface area contributed by atoms with Gasteiger partial charge in [-0.05, 0) is 25.3 Å². The molecular formula is C45H90NO7P. The van der Waals surface area contributed by atoms with Crippen molar-refractivity contribution < 1.29 is 32.8 Å². The Kier molecular flexibility index (Phi) is 42.5. The SMILES string of the molecule is CCCCCCCCCCCCCCC=COCC(COP(=O)(O)OCCN)OC(=O)CCCCCCCCCCCCCCCCCCCCCCC. The summed E-state index contributed by atoms with van der Waals surface area (Å²) in [6.45, 7) is 4.29. The first-order valence-electron chi connectivity index (χ1n) is 23.2. The predicted octanol–water partition coefficient (Wildman–Crippen LogP) is 14.2. The molecule has 0 aliphatic carbocycles. The Morgan fingerprint density at radius 2 is 0.926 bits per heavy atom. The number of rotatable bonds is 45. The van der Waals surface area contributed by atoms with E-state index in [2.05, 4.69) is 13.8 Å². The fourth-order valence-corrected chi connectivity index (χ4v) is 7.61. The fourth-order valence-electron chi connectivity index (χ4n) is 6.85. The third-order valence-corrected chi connectivity index (χ3v) is 11.3. The summed E-state index contributed by atoms with van der Waals surface area (Å²) in [7, 11) is -4.29. The highest BCUT2D eigenvalue weighted by atomic mass is 31.2. The molecule has 0 rings (SSSR count). The van der Waals surface area contributed by atoms with Gasteiger partial charge in [-0.3, -0.25) is 13.8 Å². The average molecular weight is 788 g/mol. The molecule has 8 nitrogen and oxygen atoms in total. The molecule has 54 heavy (non-hydrogen) atoms. The molecule has 0 radical (unpaired) electrons. The van der Waals surface area contributed by atoms with Crippen molar-refractivity contribution in [3.8, 4) is 0 Å². The Balaban J connectivity index is 3.96. The van der Waals surface area contributed by atoms with Gasteiger partial charge >= 0.3 is 13.8 Å². The molecule has 0 saturated heterocycles. The van der Waals surface area contributed by atoms with Gasteiger partial charge in [0.25, 0.3) is 0 Å². The summed E-state index contributed by atoms with van der Waals surface area (Å²) < 4.78 is 33.2. The van der Waals surface area contributed by atoms with E-state index in [0.717, 1.165) is 32.1 Å². The second kappa shape index (κ2) is 43.2. The molecule has 9 heteroatoms. The van der Waals surface area contributed by atoms with E-state index >= 15 is 0 Å². The highest BCUT2D eigenvalue weighted by molar-refractivity contribution is 7.47. The summed E-state index contributed by atoms with van der Waals surface area (Å²) in [5.74, 6) is -0.346. The van der Waals surface area contributed by atoms with Crippen molar-refractivity contribution >= 4 is 13.8 Å². The van der Waals surface area contributed by atoms with Crippen molar-refractivity contribution in [2.24, 2.45) is 5.73 Å². The maximum absolute atomic E-state index is 12.6. The van der Waals surface area contributed by atoms with Gasteiger partial charge in [-0.25, -0.2) is 4.57 Å². The molecule has 2 unspecified atom stereocenters. The molecule has 0 aromatic heterocycles. The molecule has 0 saturated carbocycles. The third-order valence-electron chi connectivity index (χ3n) is 10.3. The lowest BCUT2D eigenvalue weighted by molar-refractivity contribution is -0.153. The van der Waals surface area contributed by atoms with E-state index < -0.39 is 13.9 Å². The van der Waals surface area contributed by atoms with Gasteiger partial charge in [0.15, 0.2) is 6.10 Å². The van der Waals surface area contributed by atoms with Crippen LogP contribution < -0.4 is 5.73 Å². The van der Waals surface area contributed by atoms with E-state index in [1.165, 1.54) is 186 Å². The standard InChI is InChI=1S/C45H90NO7P/c1-3-5-7-9-11-13-15-17-19-20-21-22-23-24-25-26-28-30-32-34-36-38-45(47)53-44(43-52-54(48,49)51-41-39-46)42-50-40-37-35-33-31-29-27-18-16-14-12-10-8-6-4-2/h37,40,44H,3-36,38-39,41-43,46H2,1-2H3,(H,48,49). The Bertz CT molecular complexity index is 843. The molecule has 0 fully saturated rings. The van der Waals surface area contributed by atoms with E-state index in [-0.39, 0.29) is 32.3 Å². The number of unbranched alkanes of at least 4 members (excludes halogenated alkanes) is 32. The van der Waals surface area contributed by atoms with Crippen LogP contribution in [0.25, 0.3) is 0 Å². The lowest BCUT2D eigenvalue weighted by Gasteiger charge is -2.19. The van der Waals surface area contributed by atoms with E-state index in [4.69, 9.17) is 24.3 Å². The first kappa shape index (κ1) is 53.1. The lowest BCUT2D eigenvalue weighted by Crippen LogP contribution is -2.27. The van der Waals surface area contributed by atoms with Crippen molar-refractivity contribution in [1.82, 2.24) is 0 Å². The van der Waals surface area contributed by atoms with Crippen LogP contribution in [-0.4, -0.2) is 43.3 Å². The van der Waals surface area contributed by atoms with E-state index in [9.17, 15) is 14.3 Å². The molecule has 322 valence electrons. The maximum Gasteiger partial charge on any atom is 0.472 e. The molecule has 0 bridgehead atoms. The van der Waals surface area contributed by atoms with Gasteiger partial charge in [0.05, 0.1) is 19.5 Å². The molecule has 3 N–H and O–H groups in total. The number of carbonyl (C=O) groups excluding carboxylic acids is 1. The van der Waals surface area contributed by atoms with Crippen molar-refractivity contribution in [3.63, 3.8) is 0 Å². The van der Waals surface area contributed by atoms with Gasteiger partial charge < -0.3 is 20.1 Å². The van der Waals surface area contributed by atoms with Gasteiger partial charge in [0.1, 0.15) is 6.61 Å². The van der Waals surface area contributed by atoms with Gasteiger partial charge in [-0.15, -0.1) is 0 Å². The largest absolute Gasteiger partial charge is 0.498 e. The van der Waals surface area contributed by atoms with Crippen LogP contribution in [0.3, 0.4) is 0 Å². The zero-order valence-electron chi connectivity index (χ0n) is 35.7. The van der Waals surface area contributed by atoms with Crippen molar-refractivity contribution in [2.75, 3.05) is 26.4 Å². The second-order valence-corrected chi connectivity index (χ2v) is 17.2. The minimum atomic E-state index is -4.29. The quantitative estimate of drug-likeness (QED) is 0.0271. The topological polar surface area (TPSA) is 117 Å². The van der Waals surface area contributed by atoms with Crippen molar-refractivity contribution in [3.05, 3.63) is 12.3 Å². The van der Waals surface area contributed by atoms with Crippen molar-refractivity contribution in [2.45, 2.75) is 245 Å². The number of phosphoric acid groups is 1. The van der Waals surface area contributed by atoms with E-state index in [1.54, 1.807) is 6.26 Å². The van der Waals surface area contributed by atoms with Crippen LogP contribution >= 0.6 is 7.82 Å². The van der Waals surface area contributed by atoms with Crippen LogP contribution in [0.1, 0.15) is 239 Å². The van der Waals surface area contributed by atoms with Crippen LogP contribution in [0.4, 0.5) is 0 Å². The fraction of sp³-hybridized carbons (Fsp3) is 0.933. The van der Waals surface area contributed by atoms with Crippen LogP contribution in [0, 0.1) is 0 Å². The normalized spacial score (nSPS) is 13.4. The molecule has 0 aromatic carbocycles. The molecule has 0 aliphatic heterocycles. The summed E-state index contributed by atoms with van der Waals surface area (Å²) in [6.07, 6.45) is 47.6. The van der Waals surface area contributed by atoms with Gasteiger partial charge in [-0.1, -0.05) is 213 Å². The highest BCUT2D eigenvalue weighted by Crippen LogP contribution is 2.43. The summed E-state index contributed by atoms with van der Waals surface area (Å²) in [5, 5.41) is 0. The monoisotopic (exact) mass is 788 g/mol. The Morgan fingerprint density at radius 1 is 0.556 bits per heavy atom. The number of carbonyl (C=O) groups is 1. The van der Waals surface area contributed by atoms with Crippen molar-refractivity contribution in [1.29, 1.82) is 0 Å². The number of hydrogen-bond acceptors (Lipinski definition) is 7. The average Bonchev–Trinajstić information content (AvgIpc) is 3.16. The predicted molar refractivity (Wildman–Crippen MR) is 229 cm³/mol. The Morgan fingerprint density at radius 3 is 1.31 bits per heavy atom. The first-order valence-corrected chi connectivity index (χ1v) is 24.7. The number of esters is 1. The first-order chi connectivity index (χ1) is 26.4. The minimum Gasteiger partial charge on any atom is -0.498 e. The summed E-state index contributed by atoms with van der Waals surface area (Å²) in [6, 6.07) is 0. The maximum atomic E-state index is 12.6. The molecule has 0 spiro atoms. The number of allylic oxidation sites excluding steroid dienone is 1. The molecular weight excluding hydrogens is 697 g/mol. The zero-order chi connectivity index (χ0) is 39.5. The second-order valence-electron chi connectivity index (χ2n) is 15.7. The molecule has 0 aromatic rings. The van der Waals surface area contributed by atoms with Gasteiger partial charge in [0.2, 0.25) is 0 Å². The third kappa shape index (κ3) is 42.2. The van der Waals surface area contributed by atoms with Crippen LogP contribution in [0.15, 0.2) is 12.3 Å². The molecule has 0 aliphatic rings. The smallest absolute Gasteiger partial charge is 0.472 e. The van der Waals surface area contributed by atoms with Gasteiger partial charge in [-0.2, -0.15) is 0 Å². The molecule has 0 amide bonds. The number of phosphoric ester groups is 1. The molecule has 0 heterocycles. The van der Waals surface area contributed by atoms with Crippen LogP contribution in [-0.2, 0) is 27.9 Å². The van der Waals surface area contributed by atoms with Crippen LogP contribution in [0.2, 0.25) is 0 Å². The lowest BCUT2D eigenvalue weighted by atomic mass is 10.0. The van der Waals surface area contributed by atoms with Crippen LogP contribution in [0.5, 0.6) is 0 Å².